The normalized spacial score (nSPS) is 11.7. The fourth-order valence-corrected chi connectivity index (χ4v) is 3.35. The summed E-state index contributed by atoms with van der Waals surface area (Å²) in [6.45, 7) is 3.82. The summed E-state index contributed by atoms with van der Waals surface area (Å²) in [4.78, 5) is 7.75. The van der Waals surface area contributed by atoms with Crippen LogP contribution in [0.1, 0.15) is 23.2 Å². The molecule has 0 bridgehead atoms. The molecule has 3 rings (SSSR count). The molecule has 4 N–H and O–H groups in total. The number of rotatable bonds is 7. The molecule has 0 fully saturated rings. The molecule has 0 amide bonds. The number of aliphatic imine (C=N–C) groups is 1. The Labute approximate surface area is 160 Å². The Balaban J connectivity index is 1.42. The number of guanidine groups is 1. The second-order valence-electron chi connectivity index (χ2n) is 6.72. The second-order valence-corrected chi connectivity index (χ2v) is 6.72. The van der Waals surface area contributed by atoms with E-state index in [4.69, 9.17) is 0 Å². The summed E-state index contributed by atoms with van der Waals surface area (Å²) >= 11 is 0. The first-order valence-corrected chi connectivity index (χ1v) is 9.46. The molecule has 2 aromatic carbocycles. The number of fused-ring (bicyclic) bond motifs is 1. The zero-order valence-corrected chi connectivity index (χ0v) is 16.0. The first-order chi connectivity index (χ1) is 13.2. The van der Waals surface area contributed by atoms with E-state index in [1.807, 2.05) is 12.1 Å². The molecular formula is C22H28N4O. The van der Waals surface area contributed by atoms with E-state index in [9.17, 15) is 5.11 Å². The average molecular weight is 364 g/mol. The van der Waals surface area contributed by atoms with Crippen LogP contribution in [0.25, 0.3) is 10.9 Å². The van der Waals surface area contributed by atoms with Gasteiger partial charge in [-0.05, 0) is 55.5 Å². The Morgan fingerprint density at radius 1 is 1.00 bits per heavy atom. The third kappa shape index (κ3) is 5.03. The topological polar surface area (TPSA) is 72.4 Å². The van der Waals surface area contributed by atoms with Crippen molar-refractivity contribution in [2.45, 2.75) is 26.2 Å². The van der Waals surface area contributed by atoms with E-state index in [2.05, 4.69) is 51.8 Å². The van der Waals surface area contributed by atoms with Crippen LogP contribution in [0.2, 0.25) is 0 Å². The monoisotopic (exact) mass is 364 g/mol. The lowest BCUT2D eigenvalue weighted by molar-refractivity contribution is 0.475. The van der Waals surface area contributed by atoms with E-state index in [1.54, 1.807) is 19.2 Å². The number of nitrogens with zero attached hydrogens (tertiary/aromatic N) is 1. The molecule has 0 aliphatic rings. The molecule has 0 radical (unpaired) electrons. The predicted octanol–water partition coefficient (Wildman–Crippen LogP) is 3.52. The fourth-order valence-electron chi connectivity index (χ4n) is 3.35. The highest BCUT2D eigenvalue weighted by Gasteiger charge is 2.07. The van der Waals surface area contributed by atoms with Gasteiger partial charge in [0.25, 0.3) is 0 Å². The number of aromatic hydroxyl groups is 1. The van der Waals surface area contributed by atoms with Gasteiger partial charge in [-0.1, -0.05) is 30.3 Å². The van der Waals surface area contributed by atoms with E-state index in [0.717, 1.165) is 38.3 Å². The van der Waals surface area contributed by atoms with E-state index >= 15 is 0 Å². The van der Waals surface area contributed by atoms with Crippen LogP contribution in [-0.4, -0.2) is 36.2 Å². The molecule has 1 aromatic heterocycles. The van der Waals surface area contributed by atoms with Crippen LogP contribution in [0.15, 0.2) is 53.5 Å². The third-order valence-corrected chi connectivity index (χ3v) is 4.79. The van der Waals surface area contributed by atoms with Crippen LogP contribution in [0, 0.1) is 6.92 Å². The molecule has 3 aromatic rings. The van der Waals surface area contributed by atoms with Crippen molar-refractivity contribution in [3.05, 3.63) is 65.4 Å². The van der Waals surface area contributed by atoms with E-state index < -0.39 is 0 Å². The molecule has 0 saturated carbocycles. The first kappa shape index (κ1) is 18.8. The molecule has 0 unspecified atom stereocenters. The Hall–Kier alpha value is -2.95. The Morgan fingerprint density at radius 2 is 1.74 bits per heavy atom. The summed E-state index contributed by atoms with van der Waals surface area (Å²) in [6.07, 6.45) is 2.93. The van der Waals surface area contributed by atoms with Crippen LogP contribution in [0.4, 0.5) is 0 Å². The van der Waals surface area contributed by atoms with Gasteiger partial charge in [-0.15, -0.1) is 0 Å². The number of H-pyrrole nitrogens is 1. The summed E-state index contributed by atoms with van der Waals surface area (Å²) in [7, 11) is 1.80. The number of hydrogen-bond donors (Lipinski definition) is 4. The van der Waals surface area contributed by atoms with Gasteiger partial charge in [0.2, 0.25) is 0 Å². The van der Waals surface area contributed by atoms with Crippen LogP contribution in [-0.2, 0) is 12.8 Å². The van der Waals surface area contributed by atoms with Crippen LogP contribution < -0.4 is 10.6 Å². The highest BCUT2D eigenvalue weighted by molar-refractivity contribution is 5.84. The van der Waals surface area contributed by atoms with Crippen molar-refractivity contribution in [2.75, 3.05) is 20.1 Å². The van der Waals surface area contributed by atoms with E-state index in [0.29, 0.717) is 5.75 Å². The van der Waals surface area contributed by atoms with Gasteiger partial charge in [0.15, 0.2) is 5.96 Å². The van der Waals surface area contributed by atoms with Crippen LogP contribution in [0.3, 0.4) is 0 Å². The standard InChI is InChI=1S/C22H28N4O/c1-16-19(20-7-3-4-8-21(20)26-16)13-15-25-22(23-2)24-14-5-6-17-9-11-18(27)12-10-17/h3-4,7-12,26-27H,5-6,13-15H2,1-2H3,(H2,23,24,25). The molecule has 27 heavy (non-hydrogen) atoms. The van der Waals surface area contributed by atoms with E-state index in [1.165, 1.54) is 27.7 Å². The Morgan fingerprint density at radius 3 is 2.52 bits per heavy atom. The Kier molecular flexibility index (Phi) is 6.36. The van der Waals surface area contributed by atoms with Crippen molar-refractivity contribution >= 4 is 16.9 Å². The lowest BCUT2D eigenvalue weighted by Gasteiger charge is -2.12. The van der Waals surface area contributed by atoms with Gasteiger partial charge in [0.1, 0.15) is 5.75 Å². The summed E-state index contributed by atoms with van der Waals surface area (Å²) in [5, 5.41) is 17.4. The Bertz CT molecular complexity index is 896. The quantitative estimate of drug-likeness (QED) is 0.294. The maximum atomic E-state index is 9.32. The number of hydrogen-bond acceptors (Lipinski definition) is 2. The van der Waals surface area contributed by atoms with Gasteiger partial charge < -0.3 is 20.7 Å². The average Bonchev–Trinajstić information content (AvgIpc) is 3.00. The van der Waals surface area contributed by atoms with Crippen molar-refractivity contribution in [3.8, 4) is 5.75 Å². The van der Waals surface area contributed by atoms with Gasteiger partial charge >= 0.3 is 0 Å². The smallest absolute Gasteiger partial charge is 0.190 e. The molecule has 5 heteroatoms. The highest BCUT2D eigenvalue weighted by atomic mass is 16.3. The van der Waals surface area contributed by atoms with Crippen molar-refractivity contribution < 1.29 is 5.11 Å². The lowest BCUT2D eigenvalue weighted by atomic mass is 10.1. The maximum Gasteiger partial charge on any atom is 0.190 e. The zero-order chi connectivity index (χ0) is 19.1. The van der Waals surface area contributed by atoms with Crippen LogP contribution in [0.5, 0.6) is 5.75 Å². The number of aromatic nitrogens is 1. The fraction of sp³-hybridized carbons (Fsp3) is 0.318. The minimum Gasteiger partial charge on any atom is -0.508 e. The third-order valence-electron chi connectivity index (χ3n) is 4.79. The number of phenols is 1. The van der Waals surface area contributed by atoms with Crippen molar-refractivity contribution in [1.82, 2.24) is 15.6 Å². The summed E-state index contributed by atoms with van der Waals surface area (Å²) in [5.41, 5.74) is 5.02. The predicted molar refractivity (Wildman–Crippen MR) is 113 cm³/mol. The molecular weight excluding hydrogens is 336 g/mol. The van der Waals surface area contributed by atoms with Gasteiger partial charge in [0, 0.05) is 36.7 Å². The molecule has 1 heterocycles. The molecule has 0 saturated heterocycles. The second kappa shape index (κ2) is 9.12. The number of aromatic amines is 1. The number of aryl methyl sites for hydroxylation is 2. The van der Waals surface area contributed by atoms with Gasteiger partial charge in [-0.3, -0.25) is 4.99 Å². The molecule has 0 atom stereocenters. The van der Waals surface area contributed by atoms with E-state index in [-0.39, 0.29) is 0 Å². The van der Waals surface area contributed by atoms with Crippen molar-refractivity contribution in [3.63, 3.8) is 0 Å². The minimum atomic E-state index is 0.312. The highest BCUT2D eigenvalue weighted by Crippen LogP contribution is 2.21. The molecule has 0 spiro atoms. The molecule has 0 aliphatic heterocycles. The lowest BCUT2D eigenvalue weighted by Crippen LogP contribution is -2.38. The molecule has 142 valence electrons. The largest absolute Gasteiger partial charge is 0.508 e. The van der Waals surface area contributed by atoms with Crippen molar-refractivity contribution in [1.29, 1.82) is 0 Å². The summed E-state index contributed by atoms with van der Waals surface area (Å²) in [5.74, 6) is 1.14. The first-order valence-electron chi connectivity index (χ1n) is 9.46. The van der Waals surface area contributed by atoms with Gasteiger partial charge in [-0.2, -0.15) is 0 Å². The van der Waals surface area contributed by atoms with Gasteiger partial charge in [-0.25, -0.2) is 0 Å². The molecule has 0 aliphatic carbocycles. The number of phenolic OH excluding ortho intramolecular Hbond substituents is 1. The number of benzene rings is 2. The van der Waals surface area contributed by atoms with Gasteiger partial charge in [0.05, 0.1) is 0 Å². The molecule has 5 nitrogen and oxygen atoms in total. The van der Waals surface area contributed by atoms with Crippen LogP contribution >= 0.6 is 0 Å². The minimum absolute atomic E-state index is 0.312. The van der Waals surface area contributed by atoms with Crippen molar-refractivity contribution in [2.24, 2.45) is 4.99 Å². The summed E-state index contributed by atoms with van der Waals surface area (Å²) in [6, 6.07) is 15.8. The number of nitrogens with one attached hydrogen (secondary N) is 3. The number of para-hydroxylation sites is 1. The maximum absolute atomic E-state index is 9.32. The summed E-state index contributed by atoms with van der Waals surface area (Å²) < 4.78 is 0. The SMILES string of the molecule is CN=C(NCCCc1ccc(O)cc1)NCCc1c(C)[nH]c2ccccc12. The zero-order valence-electron chi connectivity index (χ0n) is 16.0.